The van der Waals surface area contributed by atoms with E-state index < -0.39 is 0 Å². The first-order valence-electron chi connectivity index (χ1n) is 8.49. The summed E-state index contributed by atoms with van der Waals surface area (Å²) >= 11 is 0. The molecule has 0 saturated carbocycles. The second-order valence-electron chi connectivity index (χ2n) is 6.71. The first-order chi connectivity index (χ1) is 11.2. The molecule has 1 atom stereocenters. The van der Waals surface area contributed by atoms with E-state index >= 15 is 0 Å². The fraction of sp³-hybridized carbons (Fsp3) is 0.588. The number of rotatable bonds is 3. The molecule has 0 aliphatic carbocycles. The summed E-state index contributed by atoms with van der Waals surface area (Å²) in [4.78, 5) is 34.8. The molecule has 0 bridgehead atoms. The molecule has 0 N–H and O–H groups in total. The van der Waals surface area contributed by atoms with E-state index in [1.807, 2.05) is 24.5 Å². The van der Waals surface area contributed by atoms with E-state index in [4.69, 9.17) is 0 Å². The lowest BCUT2D eigenvalue weighted by molar-refractivity contribution is -0.130. The van der Waals surface area contributed by atoms with E-state index in [-0.39, 0.29) is 24.0 Å². The van der Waals surface area contributed by atoms with Crippen molar-refractivity contribution >= 4 is 11.9 Å². The van der Waals surface area contributed by atoms with Gasteiger partial charge in [-0.3, -0.25) is 19.6 Å². The molecule has 23 heavy (non-hydrogen) atoms. The topological polar surface area (TPSA) is 56.8 Å². The molecule has 6 nitrogen and oxygen atoms in total. The maximum atomic E-state index is 12.5. The summed E-state index contributed by atoms with van der Waals surface area (Å²) in [7, 11) is 0. The molecule has 3 amide bonds. The lowest BCUT2D eigenvalue weighted by atomic mass is 10.0. The molecule has 0 aromatic carbocycles. The molecule has 6 heteroatoms. The van der Waals surface area contributed by atoms with Crippen LogP contribution in [-0.4, -0.2) is 63.3 Å². The van der Waals surface area contributed by atoms with Crippen LogP contribution in [0.3, 0.4) is 0 Å². The third-order valence-electron chi connectivity index (χ3n) is 5.30. The number of aromatic nitrogens is 1. The van der Waals surface area contributed by atoms with Crippen LogP contribution in [0.25, 0.3) is 0 Å². The molecule has 0 radical (unpaired) electrons. The third-order valence-corrected chi connectivity index (χ3v) is 5.30. The summed E-state index contributed by atoms with van der Waals surface area (Å²) in [6, 6.07) is 3.93. The highest BCUT2D eigenvalue weighted by molar-refractivity contribution is 6.04. The number of carbonyl (C=O) groups is 2. The summed E-state index contributed by atoms with van der Waals surface area (Å²) in [5.74, 6) is 0.0417. The van der Waals surface area contributed by atoms with Crippen molar-refractivity contribution in [3.05, 3.63) is 30.1 Å². The van der Waals surface area contributed by atoms with Gasteiger partial charge in [-0.05, 0) is 43.4 Å². The minimum absolute atomic E-state index is 0.0417. The van der Waals surface area contributed by atoms with Crippen LogP contribution in [0.5, 0.6) is 0 Å². The monoisotopic (exact) mass is 314 g/mol. The highest BCUT2D eigenvalue weighted by Gasteiger charge is 2.49. The maximum Gasteiger partial charge on any atom is 0.327 e. The van der Waals surface area contributed by atoms with Gasteiger partial charge in [-0.1, -0.05) is 0 Å². The van der Waals surface area contributed by atoms with Gasteiger partial charge >= 0.3 is 6.03 Å². The van der Waals surface area contributed by atoms with Crippen LogP contribution in [0.4, 0.5) is 4.79 Å². The van der Waals surface area contributed by atoms with Crippen LogP contribution in [-0.2, 0) is 11.3 Å². The van der Waals surface area contributed by atoms with Crippen molar-refractivity contribution < 1.29 is 9.59 Å². The molecule has 1 aromatic heterocycles. The first-order valence-corrected chi connectivity index (χ1v) is 8.49. The molecule has 4 heterocycles. The van der Waals surface area contributed by atoms with Gasteiger partial charge in [-0.25, -0.2) is 4.79 Å². The SMILES string of the molecule is O=C1[C@H]2CCCN2C(=O)N1C1CCN(Cc2ccncc2)CC1. The Balaban J connectivity index is 1.36. The predicted octanol–water partition coefficient (Wildman–Crippen LogP) is 1.47. The molecule has 3 aliphatic heterocycles. The van der Waals surface area contributed by atoms with E-state index in [0.717, 1.165) is 51.9 Å². The van der Waals surface area contributed by atoms with Crippen molar-refractivity contribution in [3.8, 4) is 0 Å². The number of carbonyl (C=O) groups excluding carboxylic acids is 2. The smallest absolute Gasteiger partial charge is 0.312 e. The van der Waals surface area contributed by atoms with Crippen LogP contribution in [0, 0.1) is 0 Å². The van der Waals surface area contributed by atoms with E-state index in [1.165, 1.54) is 5.56 Å². The number of fused-ring (bicyclic) bond motifs is 1. The molecule has 4 rings (SSSR count). The summed E-state index contributed by atoms with van der Waals surface area (Å²) < 4.78 is 0. The maximum absolute atomic E-state index is 12.5. The van der Waals surface area contributed by atoms with Crippen molar-refractivity contribution in [1.29, 1.82) is 0 Å². The number of urea groups is 1. The highest BCUT2D eigenvalue weighted by Crippen LogP contribution is 2.31. The third kappa shape index (κ3) is 2.61. The Bertz CT molecular complexity index is 576. The molecule has 3 fully saturated rings. The van der Waals surface area contributed by atoms with Crippen molar-refractivity contribution in [2.45, 2.75) is 44.3 Å². The second-order valence-corrected chi connectivity index (χ2v) is 6.71. The Hall–Kier alpha value is -1.95. The largest absolute Gasteiger partial charge is 0.327 e. The van der Waals surface area contributed by atoms with Crippen molar-refractivity contribution in [1.82, 2.24) is 19.7 Å². The summed E-state index contributed by atoms with van der Waals surface area (Å²) in [6.45, 7) is 3.50. The number of piperidine rings is 1. The van der Waals surface area contributed by atoms with E-state index in [9.17, 15) is 9.59 Å². The number of likely N-dealkylation sites (tertiary alicyclic amines) is 1. The molecule has 3 saturated heterocycles. The Morgan fingerprint density at radius 1 is 1.04 bits per heavy atom. The molecular formula is C17H22N4O2. The van der Waals surface area contributed by atoms with Crippen molar-refractivity contribution in [3.63, 3.8) is 0 Å². The average molecular weight is 314 g/mol. The second kappa shape index (κ2) is 5.92. The van der Waals surface area contributed by atoms with Crippen LogP contribution >= 0.6 is 0 Å². The molecule has 0 spiro atoms. The van der Waals surface area contributed by atoms with Crippen LogP contribution in [0.1, 0.15) is 31.2 Å². The zero-order valence-corrected chi connectivity index (χ0v) is 13.2. The summed E-state index contributed by atoms with van der Waals surface area (Å²) in [5.41, 5.74) is 1.26. The van der Waals surface area contributed by atoms with Gasteiger partial charge in [0.25, 0.3) is 5.91 Å². The number of amides is 3. The fourth-order valence-electron chi connectivity index (χ4n) is 4.06. The molecule has 3 aliphatic rings. The van der Waals surface area contributed by atoms with Gasteiger partial charge in [0.05, 0.1) is 0 Å². The van der Waals surface area contributed by atoms with Gasteiger partial charge in [-0.15, -0.1) is 0 Å². The zero-order valence-electron chi connectivity index (χ0n) is 13.2. The van der Waals surface area contributed by atoms with Gasteiger partial charge < -0.3 is 4.90 Å². The van der Waals surface area contributed by atoms with E-state index in [1.54, 1.807) is 9.80 Å². The molecular weight excluding hydrogens is 292 g/mol. The van der Waals surface area contributed by atoms with Gasteiger partial charge in [0.2, 0.25) is 0 Å². The van der Waals surface area contributed by atoms with Gasteiger partial charge in [0.1, 0.15) is 6.04 Å². The minimum atomic E-state index is -0.169. The molecule has 1 aromatic rings. The fourth-order valence-corrected chi connectivity index (χ4v) is 4.06. The Morgan fingerprint density at radius 3 is 2.48 bits per heavy atom. The molecule has 0 unspecified atom stereocenters. The van der Waals surface area contributed by atoms with Gasteiger partial charge in [-0.2, -0.15) is 0 Å². The highest BCUT2D eigenvalue weighted by atomic mass is 16.2. The van der Waals surface area contributed by atoms with Gasteiger partial charge in [0.15, 0.2) is 0 Å². The predicted molar refractivity (Wildman–Crippen MR) is 84.5 cm³/mol. The van der Waals surface area contributed by atoms with Crippen LogP contribution in [0.15, 0.2) is 24.5 Å². The average Bonchev–Trinajstić information content (AvgIpc) is 3.14. The van der Waals surface area contributed by atoms with Crippen LogP contribution < -0.4 is 0 Å². The Labute approximate surface area is 136 Å². The number of pyridine rings is 1. The lowest BCUT2D eigenvalue weighted by Gasteiger charge is -2.35. The van der Waals surface area contributed by atoms with Crippen molar-refractivity contribution in [2.75, 3.05) is 19.6 Å². The Kier molecular flexibility index (Phi) is 3.77. The quantitative estimate of drug-likeness (QED) is 0.793. The first kappa shape index (κ1) is 14.6. The van der Waals surface area contributed by atoms with Crippen LogP contribution in [0.2, 0.25) is 0 Å². The zero-order chi connectivity index (χ0) is 15.8. The molecule has 122 valence electrons. The normalized spacial score (nSPS) is 26.2. The minimum Gasteiger partial charge on any atom is -0.312 e. The number of hydrogen-bond acceptors (Lipinski definition) is 4. The Morgan fingerprint density at radius 2 is 1.78 bits per heavy atom. The van der Waals surface area contributed by atoms with Gasteiger partial charge in [0, 0.05) is 44.6 Å². The summed E-state index contributed by atoms with van der Waals surface area (Å²) in [5, 5.41) is 0. The number of hydrogen-bond donors (Lipinski definition) is 0. The van der Waals surface area contributed by atoms with E-state index in [2.05, 4.69) is 9.88 Å². The van der Waals surface area contributed by atoms with Crippen molar-refractivity contribution in [2.24, 2.45) is 0 Å². The number of nitrogens with zero attached hydrogens (tertiary/aromatic N) is 4. The standard InChI is InChI=1S/C17H22N4O2/c22-16-15-2-1-9-20(15)17(23)21(16)14-5-10-19(11-6-14)12-13-3-7-18-8-4-13/h3-4,7-8,14-15H,1-2,5-6,9-12H2/t15-/m1/s1. The number of imide groups is 1. The summed E-state index contributed by atoms with van der Waals surface area (Å²) in [6.07, 6.45) is 7.18. The lowest BCUT2D eigenvalue weighted by Crippen LogP contribution is -2.48. The van der Waals surface area contributed by atoms with E-state index in [0.29, 0.717) is 0 Å².